The third kappa shape index (κ3) is 3.58. The number of carbonyl (C=O) groups excluding carboxylic acids is 1. The molecule has 9 heteroatoms. The molecule has 0 saturated carbocycles. The fraction of sp³-hybridized carbons (Fsp3) is 0.375. The molecule has 1 fully saturated rings. The lowest BCUT2D eigenvalue weighted by Crippen LogP contribution is -2.43. The van der Waals surface area contributed by atoms with E-state index in [0.717, 1.165) is 3.57 Å². The first kappa shape index (κ1) is 18.3. The molecule has 1 aromatic heterocycles. The van der Waals surface area contributed by atoms with Crippen LogP contribution >= 0.6 is 22.6 Å². The van der Waals surface area contributed by atoms with Crippen molar-refractivity contribution < 1.29 is 17.7 Å². The van der Waals surface area contributed by atoms with Gasteiger partial charge < -0.3 is 9.84 Å². The van der Waals surface area contributed by atoms with E-state index >= 15 is 0 Å². The summed E-state index contributed by atoms with van der Waals surface area (Å²) >= 11 is 2.16. The standard InChI is InChI=1S/C16H18IN3O4S/c1-10-15(11(2)24-19-10)25(22,23)20-8-4-7-14(20)16(21)18-13-6-3-5-12(17)9-13/h3,5-6,9,14H,4,7-8H2,1-2H3,(H,18,21). The van der Waals surface area contributed by atoms with Crippen molar-refractivity contribution in [2.75, 3.05) is 11.9 Å². The highest BCUT2D eigenvalue weighted by molar-refractivity contribution is 14.1. The second-order valence-electron chi connectivity index (χ2n) is 5.93. The number of sulfonamides is 1. The molecule has 25 heavy (non-hydrogen) atoms. The van der Waals surface area contributed by atoms with Crippen LogP contribution in [-0.2, 0) is 14.8 Å². The topological polar surface area (TPSA) is 92.5 Å². The Morgan fingerprint density at radius 2 is 2.16 bits per heavy atom. The Kier molecular flexibility index (Phi) is 5.16. The SMILES string of the molecule is Cc1noc(C)c1S(=O)(=O)N1CCCC1C(=O)Nc1cccc(I)c1. The average molecular weight is 475 g/mol. The predicted octanol–water partition coefficient (Wildman–Crippen LogP) is 2.69. The molecule has 1 saturated heterocycles. The first-order valence-electron chi connectivity index (χ1n) is 7.82. The van der Waals surface area contributed by atoms with Gasteiger partial charge in [0.25, 0.3) is 0 Å². The van der Waals surface area contributed by atoms with Crippen LogP contribution in [0.3, 0.4) is 0 Å². The summed E-state index contributed by atoms with van der Waals surface area (Å²) in [7, 11) is -3.84. The summed E-state index contributed by atoms with van der Waals surface area (Å²) in [6.45, 7) is 3.45. The molecule has 3 rings (SSSR count). The van der Waals surface area contributed by atoms with E-state index in [1.165, 1.54) is 4.31 Å². The van der Waals surface area contributed by atoms with Gasteiger partial charge >= 0.3 is 0 Å². The number of nitrogens with zero attached hydrogens (tertiary/aromatic N) is 2. The Bertz CT molecular complexity index is 890. The smallest absolute Gasteiger partial charge is 0.249 e. The van der Waals surface area contributed by atoms with Crippen LogP contribution in [0.4, 0.5) is 5.69 Å². The fourth-order valence-electron chi connectivity index (χ4n) is 3.04. The van der Waals surface area contributed by atoms with E-state index in [9.17, 15) is 13.2 Å². The number of aryl methyl sites for hydroxylation is 2. The highest BCUT2D eigenvalue weighted by Crippen LogP contribution is 2.30. The number of amides is 1. The van der Waals surface area contributed by atoms with E-state index in [-0.39, 0.29) is 16.6 Å². The number of hydrogen-bond donors (Lipinski definition) is 1. The number of nitrogens with one attached hydrogen (secondary N) is 1. The Hall–Kier alpha value is -1.46. The molecule has 1 aliphatic heterocycles. The van der Waals surface area contributed by atoms with Crippen molar-refractivity contribution in [2.45, 2.75) is 37.6 Å². The summed E-state index contributed by atoms with van der Waals surface area (Å²) < 4.78 is 33.2. The van der Waals surface area contributed by atoms with Gasteiger partial charge in [-0.2, -0.15) is 4.31 Å². The van der Waals surface area contributed by atoms with Gasteiger partial charge in [-0.3, -0.25) is 4.79 Å². The molecule has 1 amide bonds. The second-order valence-corrected chi connectivity index (χ2v) is 9.00. The van der Waals surface area contributed by atoms with Crippen molar-refractivity contribution in [3.8, 4) is 0 Å². The van der Waals surface area contributed by atoms with Gasteiger partial charge in [0, 0.05) is 15.8 Å². The van der Waals surface area contributed by atoms with Crippen LogP contribution in [-0.4, -0.2) is 36.4 Å². The quantitative estimate of drug-likeness (QED) is 0.687. The van der Waals surface area contributed by atoms with Gasteiger partial charge in [0.1, 0.15) is 16.6 Å². The fourth-order valence-corrected chi connectivity index (χ4v) is 5.54. The van der Waals surface area contributed by atoms with Crippen LogP contribution in [0.25, 0.3) is 0 Å². The zero-order chi connectivity index (χ0) is 18.2. The summed E-state index contributed by atoms with van der Waals surface area (Å²) in [6.07, 6.45) is 1.12. The third-order valence-electron chi connectivity index (χ3n) is 4.13. The first-order valence-corrected chi connectivity index (χ1v) is 10.3. The molecule has 134 valence electrons. The maximum absolute atomic E-state index is 13.0. The van der Waals surface area contributed by atoms with Gasteiger partial charge in [-0.05, 0) is 67.5 Å². The summed E-state index contributed by atoms with van der Waals surface area (Å²) in [5, 5.41) is 6.53. The molecule has 0 spiro atoms. The summed E-state index contributed by atoms with van der Waals surface area (Å²) in [6, 6.07) is 6.63. The van der Waals surface area contributed by atoms with Gasteiger partial charge in [0.15, 0.2) is 5.76 Å². The van der Waals surface area contributed by atoms with Crippen molar-refractivity contribution in [3.05, 3.63) is 39.3 Å². The summed E-state index contributed by atoms with van der Waals surface area (Å²) in [5.74, 6) is -0.0870. The minimum Gasteiger partial charge on any atom is -0.360 e. The second kappa shape index (κ2) is 7.04. The zero-order valence-corrected chi connectivity index (χ0v) is 16.8. The van der Waals surface area contributed by atoms with E-state index < -0.39 is 16.1 Å². The number of hydrogen-bond acceptors (Lipinski definition) is 5. The summed E-state index contributed by atoms with van der Waals surface area (Å²) in [4.78, 5) is 12.7. The van der Waals surface area contributed by atoms with E-state index in [4.69, 9.17) is 4.52 Å². The van der Waals surface area contributed by atoms with Crippen molar-refractivity contribution in [2.24, 2.45) is 0 Å². The molecular formula is C16H18IN3O4S. The lowest BCUT2D eigenvalue weighted by Gasteiger charge is -2.23. The van der Waals surface area contributed by atoms with Gasteiger partial charge in [0.2, 0.25) is 15.9 Å². The minimum atomic E-state index is -3.84. The molecule has 2 heterocycles. The minimum absolute atomic E-state index is 0.0569. The number of halogens is 1. The molecule has 7 nitrogen and oxygen atoms in total. The van der Waals surface area contributed by atoms with Crippen LogP contribution in [0.5, 0.6) is 0 Å². The van der Waals surface area contributed by atoms with Crippen molar-refractivity contribution in [3.63, 3.8) is 0 Å². The molecule has 0 aliphatic carbocycles. The van der Waals surface area contributed by atoms with Crippen molar-refractivity contribution in [1.82, 2.24) is 9.46 Å². The normalized spacial score (nSPS) is 18.4. The maximum Gasteiger partial charge on any atom is 0.249 e. The number of benzene rings is 1. The number of aromatic nitrogens is 1. The Morgan fingerprint density at radius 3 is 2.80 bits per heavy atom. The van der Waals surface area contributed by atoms with Crippen molar-refractivity contribution >= 4 is 44.2 Å². The summed E-state index contributed by atoms with van der Waals surface area (Å²) in [5.41, 5.74) is 0.958. The zero-order valence-electron chi connectivity index (χ0n) is 13.8. The number of anilines is 1. The Labute approximate surface area is 159 Å². The van der Waals surface area contributed by atoms with Crippen LogP contribution < -0.4 is 5.32 Å². The van der Waals surface area contributed by atoms with Gasteiger partial charge in [-0.1, -0.05) is 11.2 Å². The van der Waals surface area contributed by atoms with Crippen LogP contribution in [0.15, 0.2) is 33.7 Å². The lowest BCUT2D eigenvalue weighted by atomic mass is 10.2. The molecule has 1 unspecified atom stereocenters. The maximum atomic E-state index is 13.0. The molecule has 1 aliphatic rings. The molecule has 1 atom stereocenters. The van der Waals surface area contributed by atoms with Gasteiger partial charge in [-0.15, -0.1) is 0 Å². The first-order chi connectivity index (χ1) is 11.8. The van der Waals surface area contributed by atoms with E-state index in [1.54, 1.807) is 19.9 Å². The Balaban J connectivity index is 1.86. The third-order valence-corrected chi connectivity index (χ3v) is 6.96. The molecule has 1 aromatic carbocycles. The van der Waals surface area contributed by atoms with Gasteiger partial charge in [-0.25, -0.2) is 8.42 Å². The van der Waals surface area contributed by atoms with E-state index in [1.807, 2.05) is 18.2 Å². The van der Waals surface area contributed by atoms with E-state index in [0.29, 0.717) is 30.8 Å². The van der Waals surface area contributed by atoms with Crippen LogP contribution in [0.2, 0.25) is 0 Å². The molecule has 2 aromatic rings. The van der Waals surface area contributed by atoms with Gasteiger partial charge in [0.05, 0.1) is 0 Å². The Morgan fingerprint density at radius 1 is 1.40 bits per heavy atom. The largest absolute Gasteiger partial charge is 0.360 e. The van der Waals surface area contributed by atoms with E-state index in [2.05, 4.69) is 33.1 Å². The number of carbonyl (C=O) groups is 1. The van der Waals surface area contributed by atoms with Crippen molar-refractivity contribution in [1.29, 1.82) is 0 Å². The monoisotopic (exact) mass is 475 g/mol. The molecule has 0 radical (unpaired) electrons. The molecule has 0 bridgehead atoms. The predicted molar refractivity (Wildman–Crippen MR) is 101 cm³/mol. The highest BCUT2D eigenvalue weighted by Gasteiger charge is 2.41. The highest BCUT2D eigenvalue weighted by atomic mass is 127. The molecular weight excluding hydrogens is 457 g/mol. The van der Waals surface area contributed by atoms with Crippen LogP contribution in [0.1, 0.15) is 24.3 Å². The molecule has 1 N–H and O–H groups in total. The lowest BCUT2D eigenvalue weighted by molar-refractivity contribution is -0.119. The van der Waals surface area contributed by atoms with Crippen LogP contribution in [0, 0.1) is 17.4 Å². The average Bonchev–Trinajstić information content (AvgIpc) is 3.15. The number of rotatable bonds is 4.